The minimum absolute atomic E-state index is 0.700. The van der Waals surface area contributed by atoms with Crippen LogP contribution in [0.15, 0.2) is 22.7 Å². The molecule has 1 aromatic rings. The zero-order chi connectivity index (χ0) is 13.8. The van der Waals surface area contributed by atoms with Gasteiger partial charge in [-0.2, -0.15) is 0 Å². The number of rotatable bonds is 4. The molecule has 3 heteroatoms. The second-order valence-corrected chi connectivity index (χ2v) is 6.70. The predicted molar refractivity (Wildman–Crippen MR) is 86.7 cm³/mol. The number of hydrogen-bond donors (Lipinski definition) is 1. The third kappa shape index (κ3) is 3.73. The van der Waals surface area contributed by atoms with Crippen molar-refractivity contribution in [3.63, 3.8) is 0 Å². The molecule has 19 heavy (non-hydrogen) atoms. The average molecular weight is 325 g/mol. The number of anilines is 1. The maximum Gasteiger partial charge on any atom is 0.0377 e. The minimum Gasteiger partial charge on any atom is -0.372 e. The Morgan fingerprint density at radius 3 is 2.79 bits per heavy atom. The van der Waals surface area contributed by atoms with Crippen LogP contribution >= 0.6 is 15.9 Å². The van der Waals surface area contributed by atoms with Gasteiger partial charge < -0.3 is 10.2 Å². The lowest BCUT2D eigenvalue weighted by atomic mass is 9.86. The Morgan fingerprint density at radius 1 is 1.37 bits per heavy atom. The molecule has 0 spiro atoms. The van der Waals surface area contributed by atoms with Crippen molar-refractivity contribution in [3.8, 4) is 0 Å². The molecule has 0 amide bonds. The highest BCUT2D eigenvalue weighted by Gasteiger charge is 2.22. The van der Waals surface area contributed by atoms with Crippen LogP contribution in [0.5, 0.6) is 0 Å². The monoisotopic (exact) mass is 324 g/mol. The number of benzene rings is 1. The molecule has 2 nitrogen and oxygen atoms in total. The van der Waals surface area contributed by atoms with E-state index < -0.39 is 0 Å². The zero-order valence-corrected chi connectivity index (χ0v) is 13.8. The molecule has 2 rings (SSSR count). The molecule has 0 heterocycles. The summed E-state index contributed by atoms with van der Waals surface area (Å²) in [6.45, 7) is 3.29. The van der Waals surface area contributed by atoms with Gasteiger partial charge in [-0.05, 0) is 43.5 Å². The van der Waals surface area contributed by atoms with E-state index in [1.165, 1.54) is 41.4 Å². The largest absolute Gasteiger partial charge is 0.372 e. The number of nitrogens with one attached hydrogen (secondary N) is 1. The van der Waals surface area contributed by atoms with Crippen LogP contribution in [0, 0.1) is 5.92 Å². The Morgan fingerprint density at radius 2 is 2.16 bits per heavy atom. The Kier molecular flexibility index (Phi) is 5.28. The summed E-state index contributed by atoms with van der Waals surface area (Å²) in [5.41, 5.74) is 2.64. The van der Waals surface area contributed by atoms with Crippen molar-refractivity contribution in [1.82, 2.24) is 5.32 Å². The summed E-state index contributed by atoms with van der Waals surface area (Å²) in [4.78, 5) is 2.46. The van der Waals surface area contributed by atoms with Crippen LogP contribution < -0.4 is 10.2 Å². The summed E-state index contributed by atoms with van der Waals surface area (Å²) in [5, 5.41) is 3.20. The standard InChI is InChI=1S/C16H25BrN2/c1-12-5-4-6-14(9-12)19(3)15-8-7-13(11-18-2)16(17)10-15/h7-8,10,12,14,18H,4-6,9,11H2,1-3H3. The molecule has 0 aliphatic heterocycles. The van der Waals surface area contributed by atoms with Crippen molar-refractivity contribution < 1.29 is 0 Å². The fourth-order valence-electron chi connectivity index (χ4n) is 3.05. The quantitative estimate of drug-likeness (QED) is 0.893. The van der Waals surface area contributed by atoms with E-state index in [1.807, 2.05) is 7.05 Å². The number of halogens is 1. The van der Waals surface area contributed by atoms with Crippen LogP contribution in [0.1, 0.15) is 38.2 Å². The first-order chi connectivity index (χ1) is 9.11. The third-order valence-electron chi connectivity index (χ3n) is 4.27. The average Bonchev–Trinajstić information content (AvgIpc) is 2.40. The molecule has 1 saturated carbocycles. The minimum atomic E-state index is 0.700. The van der Waals surface area contributed by atoms with Crippen LogP contribution in [0.4, 0.5) is 5.69 Å². The fourth-order valence-corrected chi connectivity index (χ4v) is 3.56. The molecule has 1 N–H and O–H groups in total. The van der Waals surface area contributed by atoms with Crippen LogP contribution in [-0.4, -0.2) is 20.1 Å². The second kappa shape index (κ2) is 6.76. The van der Waals surface area contributed by atoms with Crippen LogP contribution in [0.2, 0.25) is 0 Å². The molecular weight excluding hydrogens is 300 g/mol. The van der Waals surface area contributed by atoms with Gasteiger partial charge in [-0.25, -0.2) is 0 Å². The van der Waals surface area contributed by atoms with E-state index in [2.05, 4.69) is 58.3 Å². The molecule has 0 saturated heterocycles. The first-order valence-corrected chi connectivity index (χ1v) is 8.07. The number of hydrogen-bond acceptors (Lipinski definition) is 2. The van der Waals surface area contributed by atoms with Crippen molar-refractivity contribution in [2.75, 3.05) is 19.0 Å². The van der Waals surface area contributed by atoms with Crippen molar-refractivity contribution in [3.05, 3.63) is 28.2 Å². The molecule has 0 bridgehead atoms. The van der Waals surface area contributed by atoms with Gasteiger partial charge in [0.05, 0.1) is 0 Å². The van der Waals surface area contributed by atoms with Crippen molar-refractivity contribution in [2.45, 2.75) is 45.2 Å². The molecule has 1 aromatic carbocycles. The first kappa shape index (κ1) is 14.9. The van der Waals surface area contributed by atoms with Crippen molar-refractivity contribution in [1.29, 1.82) is 0 Å². The topological polar surface area (TPSA) is 15.3 Å². The molecule has 2 atom stereocenters. The normalized spacial score (nSPS) is 23.4. The third-order valence-corrected chi connectivity index (χ3v) is 5.01. The Labute approximate surface area is 125 Å². The molecule has 1 aliphatic carbocycles. The van der Waals surface area contributed by atoms with Gasteiger partial charge in [0.2, 0.25) is 0 Å². The highest BCUT2D eigenvalue weighted by molar-refractivity contribution is 9.10. The van der Waals surface area contributed by atoms with Gasteiger partial charge in [-0.15, -0.1) is 0 Å². The number of nitrogens with zero attached hydrogens (tertiary/aromatic N) is 1. The second-order valence-electron chi connectivity index (χ2n) is 5.84. The molecule has 1 fully saturated rings. The van der Waals surface area contributed by atoms with Gasteiger partial charge >= 0.3 is 0 Å². The molecule has 0 radical (unpaired) electrons. The fraction of sp³-hybridized carbons (Fsp3) is 0.625. The van der Waals surface area contributed by atoms with E-state index in [9.17, 15) is 0 Å². The zero-order valence-electron chi connectivity index (χ0n) is 12.2. The van der Waals surface area contributed by atoms with Crippen LogP contribution in [0.25, 0.3) is 0 Å². The molecule has 0 aromatic heterocycles. The van der Waals surface area contributed by atoms with E-state index >= 15 is 0 Å². The van der Waals surface area contributed by atoms with Crippen molar-refractivity contribution >= 4 is 21.6 Å². The van der Waals surface area contributed by atoms with Gasteiger partial charge in [0, 0.05) is 29.8 Å². The molecule has 106 valence electrons. The first-order valence-electron chi connectivity index (χ1n) is 7.27. The molecule has 1 aliphatic rings. The maximum absolute atomic E-state index is 3.69. The Bertz CT molecular complexity index is 419. The lowest BCUT2D eigenvalue weighted by Gasteiger charge is -2.35. The predicted octanol–water partition coefficient (Wildman–Crippen LogP) is 4.18. The summed E-state index contributed by atoms with van der Waals surface area (Å²) in [7, 11) is 4.22. The maximum atomic E-state index is 3.69. The Balaban J connectivity index is 2.10. The lowest BCUT2D eigenvalue weighted by Crippen LogP contribution is -2.35. The van der Waals surface area contributed by atoms with E-state index in [-0.39, 0.29) is 0 Å². The van der Waals surface area contributed by atoms with Gasteiger partial charge in [0.25, 0.3) is 0 Å². The van der Waals surface area contributed by atoms with Crippen molar-refractivity contribution in [2.24, 2.45) is 5.92 Å². The van der Waals surface area contributed by atoms with Gasteiger partial charge in [-0.1, -0.05) is 41.8 Å². The summed E-state index contributed by atoms with van der Waals surface area (Å²) < 4.78 is 1.20. The molecule has 2 unspecified atom stereocenters. The smallest absolute Gasteiger partial charge is 0.0377 e. The lowest BCUT2D eigenvalue weighted by molar-refractivity contribution is 0.336. The summed E-state index contributed by atoms with van der Waals surface area (Å²) in [5.74, 6) is 0.869. The van der Waals surface area contributed by atoms with Gasteiger partial charge in [0.1, 0.15) is 0 Å². The molecular formula is C16H25BrN2. The highest BCUT2D eigenvalue weighted by Crippen LogP contribution is 2.31. The summed E-state index contributed by atoms with van der Waals surface area (Å²) in [6, 6.07) is 7.42. The highest BCUT2D eigenvalue weighted by atomic mass is 79.9. The van der Waals surface area contributed by atoms with Gasteiger partial charge in [0.15, 0.2) is 0 Å². The van der Waals surface area contributed by atoms with Crippen LogP contribution in [-0.2, 0) is 6.54 Å². The Hall–Kier alpha value is -0.540. The summed E-state index contributed by atoms with van der Waals surface area (Å²) in [6.07, 6.45) is 5.42. The van der Waals surface area contributed by atoms with E-state index in [4.69, 9.17) is 0 Å². The summed E-state index contributed by atoms with van der Waals surface area (Å²) >= 11 is 3.69. The van der Waals surface area contributed by atoms with Crippen LogP contribution in [0.3, 0.4) is 0 Å². The van der Waals surface area contributed by atoms with Gasteiger partial charge in [-0.3, -0.25) is 0 Å². The van der Waals surface area contributed by atoms with E-state index in [0.717, 1.165) is 12.5 Å². The van der Waals surface area contributed by atoms with E-state index in [0.29, 0.717) is 6.04 Å². The van der Waals surface area contributed by atoms with E-state index in [1.54, 1.807) is 0 Å². The SMILES string of the molecule is CNCc1ccc(N(C)C2CCCC(C)C2)cc1Br.